The van der Waals surface area contributed by atoms with Crippen molar-refractivity contribution >= 4 is 17.8 Å². The zero-order valence-electron chi connectivity index (χ0n) is 14.2. The number of nitro groups is 1. The fourth-order valence-electron chi connectivity index (χ4n) is 3.77. The lowest BCUT2D eigenvalue weighted by Gasteiger charge is -2.08. The first-order valence-electron chi connectivity index (χ1n) is 8.30. The Morgan fingerprint density at radius 3 is 2.40 bits per heavy atom. The van der Waals surface area contributed by atoms with Gasteiger partial charge in [0.1, 0.15) is 0 Å². The minimum atomic E-state index is -0.527. The van der Waals surface area contributed by atoms with Gasteiger partial charge >= 0.3 is 0 Å². The van der Waals surface area contributed by atoms with Crippen LogP contribution in [-0.2, 0) is 4.79 Å². The molecule has 0 aliphatic heterocycles. The Balaban J connectivity index is 1.72. The number of hydrogen-bond donors (Lipinski definition) is 1. The predicted octanol–water partition coefficient (Wildman–Crippen LogP) is 2.50. The van der Waals surface area contributed by atoms with Crippen LogP contribution in [0.3, 0.4) is 0 Å². The van der Waals surface area contributed by atoms with Crippen LogP contribution < -0.4 is 14.9 Å². The van der Waals surface area contributed by atoms with E-state index in [1.165, 1.54) is 45.4 Å². The molecule has 0 saturated heterocycles. The molecule has 25 heavy (non-hydrogen) atoms. The third-order valence-electron chi connectivity index (χ3n) is 5.07. The van der Waals surface area contributed by atoms with Crippen LogP contribution in [0.4, 0.5) is 5.69 Å². The Kier molecular flexibility index (Phi) is 4.87. The van der Waals surface area contributed by atoms with Gasteiger partial charge < -0.3 is 9.47 Å². The van der Waals surface area contributed by atoms with Gasteiger partial charge in [0.05, 0.1) is 37.0 Å². The number of fused-ring (bicyclic) bond motifs is 1. The fraction of sp³-hybridized carbons (Fsp3) is 0.529. The maximum absolute atomic E-state index is 12.2. The van der Waals surface area contributed by atoms with Crippen molar-refractivity contribution in [1.82, 2.24) is 5.43 Å². The van der Waals surface area contributed by atoms with Crippen molar-refractivity contribution in [2.24, 2.45) is 22.9 Å². The van der Waals surface area contributed by atoms with Crippen molar-refractivity contribution in [3.05, 3.63) is 27.8 Å². The summed E-state index contributed by atoms with van der Waals surface area (Å²) in [5, 5.41) is 15.1. The Morgan fingerprint density at radius 2 is 1.84 bits per heavy atom. The molecule has 1 aromatic rings. The molecule has 8 heteroatoms. The van der Waals surface area contributed by atoms with E-state index in [0.29, 0.717) is 17.6 Å². The van der Waals surface area contributed by atoms with Crippen molar-refractivity contribution in [2.45, 2.75) is 25.7 Å². The molecule has 3 rings (SSSR count). The van der Waals surface area contributed by atoms with Crippen molar-refractivity contribution in [1.29, 1.82) is 0 Å². The number of hydrogen-bond acceptors (Lipinski definition) is 6. The smallest absolute Gasteiger partial charge is 0.282 e. The van der Waals surface area contributed by atoms with E-state index >= 15 is 0 Å². The van der Waals surface area contributed by atoms with Crippen LogP contribution >= 0.6 is 0 Å². The molecule has 0 bridgehead atoms. The number of nitrogens with one attached hydrogen (secondary N) is 1. The highest BCUT2D eigenvalue weighted by molar-refractivity contribution is 5.89. The average molecular weight is 347 g/mol. The molecule has 0 spiro atoms. The topological polar surface area (TPSA) is 103 Å². The monoisotopic (exact) mass is 347 g/mol. The minimum Gasteiger partial charge on any atom is -0.493 e. The van der Waals surface area contributed by atoms with Crippen molar-refractivity contribution in [2.75, 3.05) is 14.2 Å². The standard InChI is InChI=1S/C17H21N3O5/c1-24-14-7-10(13(20(22)23)8-15(14)25-2)9-18-19-17(21)16-11-5-3-4-6-12(11)16/h7-9,11-12,16H,3-6H2,1-2H3,(H,19,21)/t11-,12-/m1/s1. The first-order valence-corrected chi connectivity index (χ1v) is 8.30. The molecule has 2 aliphatic carbocycles. The summed E-state index contributed by atoms with van der Waals surface area (Å²) < 4.78 is 10.2. The first-order chi connectivity index (χ1) is 12.1. The van der Waals surface area contributed by atoms with Crippen LogP contribution in [0.5, 0.6) is 11.5 Å². The van der Waals surface area contributed by atoms with Gasteiger partial charge in [-0.15, -0.1) is 0 Å². The van der Waals surface area contributed by atoms with Crippen molar-refractivity contribution in [3.63, 3.8) is 0 Å². The highest BCUT2D eigenvalue weighted by Crippen LogP contribution is 2.55. The molecule has 0 unspecified atom stereocenters. The summed E-state index contributed by atoms with van der Waals surface area (Å²) in [6, 6.07) is 2.74. The number of ether oxygens (including phenoxy) is 2. The Morgan fingerprint density at radius 1 is 1.24 bits per heavy atom. The van der Waals surface area contributed by atoms with Gasteiger partial charge in [-0.05, 0) is 30.7 Å². The normalized spacial score (nSPS) is 24.5. The van der Waals surface area contributed by atoms with E-state index in [0.717, 1.165) is 12.8 Å². The van der Waals surface area contributed by atoms with Crippen LogP contribution in [0.1, 0.15) is 31.2 Å². The predicted molar refractivity (Wildman–Crippen MR) is 90.9 cm³/mol. The molecule has 0 radical (unpaired) electrons. The number of amides is 1. The van der Waals surface area contributed by atoms with Crippen molar-refractivity contribution in [3.8, 4) is 11.5 Å². The molecule has 2 aliphatic rings. The van der Waals surface area contributed by atoms with Crippen LogP contribution in [0.2, 0.25) is 0 Å². The van der Waals surface area contributed by atoms with E-state index in [4.69, 9.17) is 9.47 Å². The van der Waals surface area contributed by atoms with E-state index in [9.17, 15) is 14.9 Å². The number of carbonyl (C=O) groups excluding carboxylic acids is 1. The maximum Gasteiger partial charge on any atom is 0.282 e. The lowest BCUT2D eigenvalue weighted by molar-refractivity contribution is -0.385. The third kappa shape index (κ3) is 3.42. The quantitative estimate of drug-likeness (QED) is 0.484. The van der Waals surface area contributed by atoms with Crippen LogP contribution in [0.15, 0.2) is 17.2 Å². The molecule has 134 valence electrons. The Bertz CT molecular complexity index is 706. The third-order valence-corrected chi connectivity index (χ3v) is 5.07. The van der Waals surface area contributed by atoms with Gasteiger partial charge in [-0.2, -0.15) is 5.10 Å². The lowest BCUT2D eigenvalue weighted by Crippen LogP contribution is -2.21. The lowest BCUT2D eigenvalue weighted by atomic mass is 10.0. The molecule has 2 saturated carbocycles. The second kappa shape index (κ2) is 7.08. The van der Waals surface area contributed by atoms with E-state index in [1.807, 2.05) is 0 Å². The molecule has 1 N–H and O–H groups in total. The molecule has 1 amide bonds. The Hall–Kier alpha value is -2.64. The SMILES string of the molecule is COc1cc(C=NNC(=O)C2[C@@H]3CCCC[C@@H]23)c([N+](=O)[O-])cc1OC. The summed E-state index contributed by atoms with van der Waals surface area (Å²) in [7, 11) is 2.85. The summed E-state index contributed by atoms with van der Waals surface area (Å²) in [4.78, 5) is 22.9. The summed E-state index contributed by atoms with van der Waals surface area (Å²) >= 11 is 0. The number of benzene rings is 1. The molecule has 8 nitrogen and oxygen atoms in total. The first kappa shape index (κ1) is 17.2. The largest absolute Gasteiger partial charge is 0.493 e. The number of rotatable bonds is 6. The van der Waals surface area contributed by atoms with E-state index in [1.54, 1.807) is 0 Å². The second-order valence-electron chi connectivity index (χ2n) is 6.40. The summed E-state index contributed by atoms with van der Waals surface area (Å²) in [6.07, 6.45) is 5.85. The highest BCUT2D eigenvalue weighted by atomic mass is 16.6. The number of carbonyl (C=O) groups is 1. The maximum atomic E-state index is 12.2. The van der Waals surface area contributed by atoms with Gasteiger partial charge in [0.2, 0.25) is 5.91 Å². The molecular weight excluding hydrogens is 326 g/mol. The average Bonchev–Trinajstić information content (AvgIpc) is 3.35. The summed E-state index contributed by atoms with van der Waals surface area (Å²) in [6.45, 7) is 0. The van der Waals surface area contributed by atoms with Crippen LogP contribution in [0.25, 0.3) is 0 Å². The van der Waals surface area contributed by atoms with Gasteiger partial charge in [-0.25, -0.2) is 5.43 Å². The van der Waals surface area contributed by atoms with Crippen LogP contribution in [0, 0.1) is 27.9 Å². The molecule has 2 atom stereocenters. The van der Waals surface area contributed by atoms with E-state index in [-0.39, 0.29) is 28.8 Å². The zero-order chi connectivity index (χ0) is 18.0. The van der Waals surface area contributed by atoms with E-state index < -0.39 is 4.92 Å². The van der Waals surface area contributed by atoms with Gasteiger partial charge in [-0.3, -0.25) is 14.9 Å². The molecule has 0 aromatic heterocycles. The van der Waals surface area contributed by atoms with Gasteiger partial charge in [0.25, 0.3) is 5.69 Å². The zero-order valence-corrected chi connectivity index (χ0v) is 14.2. The number of nitro benzene ring substituents is 1. The van der Waals surface area contributed by atoms with Crippen LogP contribution in [-0.4, -0.2) is 31.3 Å². The van der Waals surface area contributed by atoms with E-state index in [2.05, 4.69) is 10.5 Å². The minimum absolute atomic E-state index is 0.0417. The van der Waals surface area contributed by atoms with Crippen molar-refractivity contribution < 1.29 is 19.2 Å². The fourth-order valence-corrected chi connectivity index (χ4v) is 3.77. The molecule has 1 aromatic carbocycles. The second-order valence-corrected chi connectivity index (χ2v) is 6.40. The summed E-state index contributed by atoms with van der Waals surface area (Å²) in [5.74, 6) is 1.53. The summed E-state index contributed by atoms with van der Waals surface area (Å²) in [5.41, 5.74) is 2.58. The highest BCUT2D eigenvalue weighted by Gasteiger charge is 2.54. The Labute approximate surface area is 145 Å². The number of hydrazone groups is 1. The number of nitrogens with zero attached hydrogens (tertiary/aromatic N) is 2. The molecule has 0 heterocycles. The van der Waals surface area contributed by atoms with Gasteiger partial charge in [0, 0.05) is 5.92 Å². The molecular formula is C17H21N3O5. The number of methoxy groups -OCH3 is 2. The van der Waals surface area contributed by atoms with Gasteiger partial charge in [0.15, 0.2) is 11.5 Å². The molecule has 2 fully saturated rings. The van der Waals surface area contributed by atoms with Gasteiger partial charge in [-0.1, -0.05) is 12.8 Å².